The lowest BCUT2D eigenvalue weighted by Gasteiger charge is -1.87. The van der Waals surface area contributed by atoms with E-state index in [2.05, 4.69) is 15.3 Å². The van der Waals surface area contributed by atoms with Gasteiger partial charge in [0, 0.05) is 9.83 Å². The molecule has 0 aliphatic carbocycles. The first kappa shape index (κ1) is 8.92. The average molecular weight is 194 g/mol. The topological polar surface area (TPSA) is 63.6 Å². The molecular weight excluding hydrogens is 192 g/mol. The molecule has 0 aliphatic heterocycles. The number of thiol groups is 1. The average Bonchev–Trinajstić information content (AvgIpc) is 1.65. The molecule has 0 spiro atoms. The Kier molecular flexibility index (Phi) is 5.31. The van der Waals surface area contributed by atoms with Crippen LogP contribution in [0.4, 0.5) is 0 Å². The molecule has 4 nitrogen and oxygen atoms in total. The molecule has 2 unspecified atom stereocenters. The van der Waals surface area contributed by atoms with Crippen molar-refractivity contribution in [3.63, 3.8) is 0 Å². The molecule has 0 amide bonds. The second kappa shape index (κ2) is 4.77. The van der Waals surface area contributed by atoms with Crippen LogP contribution in [0.1, 0.15) is 0 Å². The molecule has 8 heavy (non-hydrogen) atoms. The predicted molar refractivity (Wildman–Crippen MR) is 36.6 cm³/mol. The fraction of sp³-hybridized carbons (Fsp3) is 0. The maximum absolute atomic E-state index is 10.0. The van der Waals surface area contributed by atoms with E-state index in [9.17, 15) is 8.42 Å². The SMILES string of the molecule is O=S(O)OS(=O)SS. The summed E-state index contributed by atoms with van der Waals surface area (Å²) in [5, 5.41) is 0. The Hall–Kier alpha value is 0.920. The van der Waals surface area contributed by atoms with E-state index in [1.165, 1.54) is 0 Å². The minimum absolute atomic E-state index is 0.544. The van der Waals surface area contributed by atoms with Gasteiger partial charge in [0.25, 0.3) is 0 Å². The van der Waals surface area contributed by atoms with E-state index in [-0.39, 0.29) is 0 Å². The monoisotopic (exact) mass is 194 g/mol. The molecule has 0 saturated carbocycles. The molecular formula is H2O4S4. The van der Waals surface area contributed by atoms with Gasteiger partial charge in [-0.1, -0.05) is 11.7 Å². The summed E-state index contributed by atoms with van der Waals surface area (Å²) >= 11 is 0.971. The fourth-order valence-corrected chi connectivity index (χ4v) is 1.86. The largest absolute Gasteiger partial charge is 0.316 e. The molecule has 50 valence electrons. The number of rotatable bonds is 3. The van der Waals surface area contributed by atoms with Gasteiger partial charge >= 0.3 is 11.4 Å². The molecule has 0 aromatic heterocycles. The van der Waals surface area contributed by atoms with Gasteiger partial charge in [-0.15, -0.1) is 0 Å². The zero-order valence-electron chi connectivity index (χ0n) is 3.34. The molecule has 0 heterocycles. The first-order chi connectivity index (χ1) is 3.66. The lowest BCUT2D eigenvalue weighted by atomic mass is 15.8. The van der Waals surface area contributed by atoms with Crippen molar-refractivity contribution >= 4 is 43.0 Å². The lowest BCUT2D eigenvalue weighted by Crippen LogP contribution is -1.93. The first-order valence-corrected chi connectivity index (χ1v) is 5.69. The Morgan fingerprint density at radius 1 is 1.62 bits per heavy atom. The highest BCUT2D eigenvalue weighted by Gasteiger charge is 2.00. The Morgan fingerprint density at radius 2 is 2.12 bits per heavy atom. The van der Waals surface area contributed by atoms with Crippen LogP contribution in [0.15, 0.2) is 0 Å². The molecule has 2 atom stereocenters. The van der Waals surface area contributed by atoms with E-state index in [0.717, 1.165) is 0 Å². The summed E-state index contributed by atoms with van der Waals surface area (Å²) in [5.41, 5.74) is 0. The van der Waals surface area contributed by atoms with Crippen LogP contribution in [0.25, 0.3) is 0 Å². The van der Waals surface area contributed by atoms with E-state index < -0.39 is 21.5 Å². The molecule has 0 fully saturated rings. The number of hydrogen-bond donors (Lipinski definition) is 2. The summed E-state index contributed by atoms with van der Waals surface area (Å²) in [5.74, 6) is 0. The van der Waals surface area contributed by atoms with Crippen LogP contribution in [0.5, 0.6) is 0 Å². The van der Waals surface area contributed by atoms with Crippen molar-refractivity contribution in [2.24, 2.45) is 0 Å². The lowest BCUT2D eigenvalue weighted by molar-refractivity contribution is 0.475. The van der Waals surface area contributed by atoms with Crippen LogP contribution < -0.4 is 0 Å². The van der Waals surface area contributed by atoms with Crippen LogP contribution >= 0.6 is 21.5 Å². The van der Waals surface area contributed by atoms with Crippen molar-refractivity contribution in [3.05, 3.63) is 0 Å². The zero-order chi connectivity index (χ0) is 6.57. The zero-order valence-corrected chi connectivity index (χ0v) is 6.69. The van der Waals surface area contributed by atoms with Crippen molar-refractivity contribution in [1.29, 1.82) is 0 Å². The Balaban J connectivity index is 3.40. The van der Waals surface area contributed by atoms with E-state index in [1.54, 1.807) is 0 Å². The third kappa shape index (κ3) is 5.06. The van der Waals surface area contributed by atoms with Gasteiger partial charge in [0.15, 0.2) is 0 Å². The van der Waals surface area contributed by atoms with Crippen molar-refractivity contribution in [1.82, 2.24) is 0 Å². The summed E-state index contributed by atoms with van der Waals surface area (Å²) in [6.07, 6.45) is 0. The second-order valence-corrected chi connectivity index (χ2v) is 4.71. The van der Waals surface area contributed by atoms with Crippen LogP contribution in [-0.2, 0) is 25.1 Å². The van der Waals surface area contributed by atoms with Crippen LogP contribution in [0.3, 0.4) is 0 Å². The fourth-order valence-electron chi connectivity index (χ4n) is 0.0599. The minimum Gasteiger partial charge on any atom is -0.283 e. The van der Waals surface area contributed by atoms with E-state index in [1.807, 2.05) is 0 Å². The van der Waals surface area contributed by atoms with Gasteiger partial charge < -0.3 is 0 Å². The summed E-state index contributed by atoms with van der Waals surface area (Å²) in [6, 6.07) is 0. The summed E-state index contributed by atoms with van der Waals surface area (Å²) in [6.45, 7) is 0. The molecule has 0 aliphatic rings. The quantitative estimate of drug-likeness (QED) is 0.384. The molecule has 1 N–H and O–H groups in total. The molecule has 0 radical (unpaired) electrons. The van der Waals surface area contributed by atoms with Crippen LogP contribution in [0, 0.1) is 0 Å². The van der Waals surface area contributed by atoms with Gasteiger partial charge in [0.05, 0.1) is 0 Å². The standard InChI is InChI=1S/H2O4S4/c1-7(2)4-8(3)6-5/h5H,(H,1,2). The van der Waals surface area contributed by atoms with Gasteiger partial charge in [-0.25, -0.2) is 4.21 Å². The van der Waals surface area contributed by atoms with Crippen molar-refractivity contribution < 1.29 is 16.6 Å². The second-order valence-electron chi connectivity index (χ2n) is 0.564. The third-order valence-electron chi connectivity index (χ3n) is 0.175. The Labute approximate surface area is 59.7 Å². The molecule has 0 aromatic carbocycles. The molecule has 0 aromatic rings. The van der Waals surface area contributed by atoms with Crippen LogP contribution in [-0.4, -0.2) is 13.0 Å². The van der Waals surface area contributed by atoms with Crippen molar-refractivity contribution in [2.75, 3.05) is 0 Å². The van der Waals surface area contributed by atoms with Crippen molar-refractivity contribution in [3.8, 4) is 0 Å². The summed E-state index contributed by atoms with van der Waals surface area (Å²) in [4.78, 5) is 0. The molecule has 0 bridgehead atoms. The maximum Gasteiger partial charge on any atom is 0.316 e. The van der Waals surface area contributed by atoms with Gasteiger partial charge in [-0.05, 0) is 0 Å². The van der Waals surface area contributed by atoms with E-state index >= 15 is 0 Å². The maximum atomic E-state index is 10.0. The van der Waals surface area contributed by atoms with E-state index in [4.69, 9.17) is 4.55 Å². The molecule has 8 heteroatoms. The van der Waals surface area contributed by atoms with Gasteiger partial charge in [-0.2, -0.15) is 7.84 Å². The van der Waals surface area contributed by atoms with Crippen LogP contribution in [0.2, 0.25) is 0 Å². The minimum atomic E-state index is -2.47. The smallest absolute Gasteiger partial charge is 0.283 e. The molecule has 0 saturated heterocycles. The Morgan fingerprint density at radius 3 is 2.25 bits per heavy atom. The Bertz CT molecular complexity index is 107. The van der Waals surface area contributed by atoms with Gasteiger partial charge in [-0.3, -0.25) is 4.55 Å². The highest BCUT2D eigenvalue weighted by molar-refractivity contribution is 9.00. The van der Waals surface area contributed by atoms with Gasteiger partial charge in [0.2, 0.25) is 10.1 Å². The first-order valence-electron chi connectivity index (χ1n) is 1.20. The summed E-state index contributed by atoms with van der Waals surface area (Å²) in [7, 11) is -1.28. The van der Waals surface area contributed by atoms with Crippen molar-refractivity contribution in [2.45, 2.75) is 0 Å². The third-order valence-corrected chi connectivity index (χ3v) is 3.17. The normalized spacial score (nSPS) is 17.8. The molecule has 0 rings (SSSR count). The van der Waals surface area contributed by atoms with Gasteiger partial charge in [0.1, 0.15) is 0 Å². The summed E-state index contributed by atoms with van der Waals surface area (Å²) < 4.78 is 31.3. The predicted octanol–water partition coefficient (Wildman–Crippen LogP) is 0.296. The highest BCUT2D eigenvalue weighted by Crippen LogP contribution is 2.12. The number of hydrogen-bond acceptors (Lipinski definition) is 5. The highest BCUT2D eigenvalue weighted by atomic mass is 33.5. The van der Waals surface area contributed by atoms with E-state index in [0.29, 0.717) is 9.83 Å².